The third-order valence-corrected chi connectivity index (χ3v) is 2.14. The minimum atomic E-state index is -1.77. The molecule has 1 aromatic carbocycles. The molecule has 0 heterocycles. The maximum Gasteiger partial charge on any atom is 0.323 e. The Bertz CT molecular complexity index is 465. The summed E-state index contributed by atoms with van der Waals surface area (Å²) in [5, 5.41) is 28.3. The molecule has 0 fully saturated rings. The minimum absolute atomic E-state index is 0.398. The van der Waals surface area contributed by atoms with E-state index in [4.69, 9.17) is 10.8 Å². The highest BCUT2D eigenvalue weighted by atomic mass is 19.1. The smallest absolute Gasteiger partial charge is 0.323 e. The van der Waals surface area contributed by atoms with Gasteiger partial charge < -0.3 is 15.9 Å². The van der Waals surface area contributed by atoms with Crippen molar-refractivity contribution in [1.29, 1.82) is 0 Å². The van der Waals surface area contributed by atoms with Crippen molar-refractivity contribution in [2.75, 3.05) is 0 Å². The molecular weight excluding hydrogens is 235 g/mol. The van der Waals surface area contributed by atoms with Crippen LogP contribution in [0.5, 0.6) is 0 Å². The van der Waals surface area contributed by atoms with Crippen molar-refractivity contribution >= 4 is 11.7 Å². The molecule has 0 bridgehead atoms. The van der Waals surface area contributed by atoms with E-state index < -0.39 is 40.1 Å². The van der Waals surface area contributed by atoms with E-state index in [-0.39, 0.29) is 0 Å². The summed E-state index contributed by atoms with van der Waals surface area (Å²) < 4.78 is 13.4. The number of aliphatic hydroxyl groups excluding tert-OH is 1. The van der Waals surface area contributed by atoms with Crippen LogP contribution in [0, 0.1) is 15.9 Å². The Morgan fingerprint density at radius 3 is 2.53 bits per heavy atom. The molecule has 2 atom stereocenters. The number of carboxylic acid groups (broad SMARTS) is 1. The van der Waals surface area contributed by atoms with E-state index >= 15 is 0 Å². The Balaban J connectivity index is 3.08. The Hall–Kier alpha value is -2.06. The van der Waals surface area contributed by atoms with Crippen molar-refractivity contribution in [3.8, 4) is 0 Å². The first kappa shape index (κ1) is 13.0. The lowest BCUT2D eigenvalue weighted by Gasteiger charge is -2.15. The highest BCUT2D eigenvalue weighted by molar-refractivity contribution is 5.74. The number of carbonyl (C=O) groups is 1. The number of nitro benzene ring substituents is 1. The SMILES string of the molecule is NC(C(=O)O)C(O)c1ccc([N+](=O)[O-])cc1F. The van der Waals surface area contributed by atoms with Crippen LogP contribution in [0.15, 0.2) is 18.2 Å². The predicted octanol–water partition coefficient (Wildman–Crippen LogP) is 0.179. The minimum Gasteiger partial charge on any atom is -0.480 e. The quantitative estimate of drug-likeness (QED) is 0.512. The number of hydrogen-bond donors (Lipinski definition) is 3. The number of nitrogens with two attached hydrogens (primary N) is 1. The molecule has 0 saturated heterocycles. The number of non-ortho nitro benzene ring substituents is 1. The third-order valence-electron chi connectivity index (χ3n) is 2.14. The molecule has 2 unspecified atom stereocenters. The molecule has 0 aliphatic heterocycles. The molecule has 0 aliphatic rings. The van der Waals surface area contributed by atoms with E-state index in [1.165, 1.54) is 0 Å². The molecular formula is C9H9FN2O5. The number of nitrogens with zero attached hydrogens (tertiary/aromatic N) is 1. The van der Waals surface area contributed by atoms with Gasteiger partial charge in [0.2, 0.25) is 0 Å². The summed E-state index contributed by atoms with van der Waals surface area (Å²) in [6.07, 6.45) is -1.77. The number of benzene rings is 1. The summed E-state index contributed by atoms with van der Waals surface area (Å²) >= 11 is 0. The van der Waals surface area contributed by atoms with Gasteiger partial charge in [0, 0.05) is 11.6 Å². The van der Waals surface area contributed by atoms with Gasteiger partial charge in [0.1, 0.15) is 18.0 Å². The fraction of sp³-hybridized carbons (Fsp3) is 0.222. The van der Waals surface area contributed by atoms with Crippen LogP contribution in [0.4, 0.5) is 10.1 Å². The van der Waals surface area contributed by atoms with Gasteiger partial charge in [-0.1, -0.05) is 0 Å². The zero-order chi connectivity index (χ0) is 13.2. The number of hydrogen-bond acceptors (Lipinski definition) is 5. The number of aliphatic carboxylic acids is 1. The van der Waals surface area contributed by atoms with Crippen molar-refractivity contribution in [2.24, 2.45) is 5.73 Å². The second-order valence-corrected chi connectivity index (χ2v) is 3.27. The van der Waals surface area contributed by atoms with E-state index in [9.17, 15) is 24.4 Å². The van der Waals surface area contributed by atoms with Crippen LogP contribution in [0.1, 0.15) is 11.7 Å². The lowest BCUT2D eigenvalue weighted by Crippen LogP contribution is -2.36. The Morgan fingerprint density at radius 2 is 2.12 bits per heavy atom. The topological polar surface area (TPSA) is 127 Å². The van der Waals surface area contributed by atoms with Crippen molar-refractivity contribution in [1.82, 2.24) is 0 Å². The summed E-state index contributed by atoms with van der Waals surface area (Å²) in [4.78, 5) is 20.0. The van der Waals surface area contributed by atoms with Crippen molar-refractivity contribution < 1.29 is 24.3 Å². The van der Waals surface area contributed by atoms with Gasteiger partial charge in [-0.15, -0.1) is 0 Å². The fourth-order valence-corrected chi connectivity index (χ4v) is 1.20. The molecule has 1 aromatic rings. The van der Waals surface area contributed by atoms with Gasteiger partial charge in [0.05, 0.1) is 11.0 Å². The third kappa shape index (κ3) is 2.74. The monoisotopic (exact) mass is 244 g/mol. The van der Waals surface area contributed by atoms with Crippen molar-refractivity contribution in [3.63, 3.8) is 0 Å². The largest absolute Gasteiger partial charge is 0.480 e. The molecule has 17 heavy (non-hydrogen) atoms. The second-order valence-electron chi connectivity index (χ2n) is 3.27. The van der Waals surface area contributed by atoms with Gasteiger partial charge in [0.25, 0.3) is 5.69 Å². The maximum absolute atomic E-state index is 13.4. The summed E-state index contributed by atoms with van der Waals surface area (Å²) in [6, 6.07) is 0.774. The summed E-state index contributed by atoms with van der Waals surface area (Å²) in [5.74, 6) is -2.58. The van der Waals surface area contributed by atoms with Gasteiger partial charge >= 0.3 is 5.97 Å². The van der Waals surface area contributed by atoms with Gasteiger partial charge in [-0.25, -0.2) is 4.39 Å². The molecule has 0 radical (unpaired) electrons. The van der Waals surface area contributed by atoms with Crippen LogP contribution < -0.4 is 5.73 Å². The molecule has 0 spiro atoms. The van der Waals surface area contributed by atoms with Crippen LogP contribution in [0.2, 0.25) is 0 Å². The Morgan fingerprint density at radius 1 is 1.53 bits per heavy atom. The van der Waals surface area contributed by atoms with E-state index in [0.29, 0.717) is 6.07 Å². The highest BCUT2D eigenvalue weighted by Crippen LogP contribution is 2.23. The lowest BCUT2D eigenvalue weighted by molar-refractivity contribution is -0.385. The first-order valence-electron chi connectivity index (χ1n) is 4.45. The molecule has 0 aliphatic carbocycles. The highest BCUT2D eigenvalue weighted by Gasteiger charge is 2.26. The first-order chi connectivity index (χ1) is 7.84. The molecule has 7 nitrogen and oxygen atoms in total. The van der Waals surface area contributed by atoms with Crippen molar-refractivity contribution in [2.45, 2.75) is 12.1 Å². The van der Waals surface area contributed by atoms with E-state index in [1.807, 2.05) is 0 Å². The molecule has 0 amide bonds. The standard InChI is InChI=1S/C9H9FN2O5/c10-6-3-4(12(16)17)1-2-5(6)8(13)7(11)9(14)15/h1-3,7-8,13H,11H2,(H,14,15). The van der Waals surface area contributed by atoms with Gasteiger partial charge in [0.15, 0.2) is 0 Å². The zero-order valence-corrected chi connectivity index (χ0v) is 8.41. The number of nitro groups is 1. The van der Waals surface area contributed by atoms with Crippen LogP contribution in [-0.4, -0.2) is 27.1 Å². The number of halogens is 1. The molecule has 0 saturated carbocycles. The normalized spacial score (nSPS) is 14.1. The van der Waals surface area contributed by atoms with Crippen LogP contribution >= 0.6 is 0 Å². The average Bonchev–Trinajstić information content (AvgIpc) is 2.26. The van der Waals surface area contributed by atoms with Gasteiger partial charge in [-0.2, -0.15) is 0 Å². The molecule has 8 heteroatoms. The zero-order valence-electron chi connectivity index (χ0n) is 8.41. The number of rotatable bonds is 4. The molecule has 4 N–H and O–H groups in total. The van der Waals surface area contributed by atoms with Gasteiger partial charge in [-0.05, 0) is 6.07 Å². The first-order valence-corrected chi connectivity index (χ1v) is 4.45. The van der Waals surface area contributed by atoms with Crippen molar-refractivity contribution in [3.05, 3.63) is 39.7 Å². The number of aliphatic hydroxyl groups is 1. The molecule has 0 aromatic heterocycles. The maximum atomic E-state index is 13.4. The van der Waals surface area contributed by atoms with E-state index in [0.717, 1.165) is 12.1 Å². The Kier molecular flexibility index (Phi) is 3.71. The lowest BCUT2D eigenvalue weighted by atomic mass is 10.0. The Labute approximate surface area is 94.4 Å². The predicted molar refractivity (Wildman–Crippen MR) is 53.6 cm³/mol. The fourth-order valence-electron chi connectivity index (χ4n) is 1.20. The number of carboxylic acids is 1. The summed E-state index contributed by atoms with van der Waals surface area (Å²) in [5.41, 5.74) is 4.21. The summed E-state index contributed by atoms with van der Waals surface area (Å²) in [6.45, 7) is 0. The average molecular weight is 244 g/mol. The van der Waals surface area contributed by atoms with Crippen LogP contribution in [-0.2, 0) is 4.79 Å². The van der Waals surface area contributed by atoms with Gasteiger partial charge in [-0.3, -0.25) is 14.9 Å². The summed E-state index contributed by atoms with van der Waals surface area (Å²) in [7, 11) is 0. The molecule has 92 valence electrons. The van der Waals surface area contributed by atoms with Crippen LogP contribution in [0.3, 0.4) is 0 Å². The van der Waals surface area contributed by atoms with E-state index in [2.05, 4.69) is 0 Å². The molecule has 1 rings (SSSR count). The van der Waals surface area contributed by atoms with Crippen LogP contribution in [0.25, 0.3) is 0 Å². The van der Waals surface area contributed by atoms with E-state index in [1.54, 1.807) is 0 Å². The second kappa shape index (κ2) is 4.85.